The molecule has 0 radical (unpaired) electrons. The fourth-order valence-corrected chi connectivity index (χ4v) is 2.08. The summed E-state index contributed by atoms with van der Waals surface area (Å²) < 4.78 is 39.8. The van der Waals surface area contributed by atoms with E-state index in [1.54, 1.807) is 7.05 Å². The predicted molar refractivity (Wildman–Crippen MR) is 67.4 cm³/mol. The Balaban J connectivity index is 2.68. The van der Waals surface area contributed by atoms with Gasteiger partial charge in [0, 0.05) is 23.2 Å². The second-order valence-corrected chi connectivity index (χ2v) is 4.84. The smallest absolute Gasteiger partial charge is 0.420 e. The van der Waals surface area contributed by atoms with Crippen molar-refractivity contribution < 1.29 is 18.3 Å². The van der Waals surface area contributed by atoms with Crippen LogP contribution in [0.25, 0.3) is 11.3 Å². The van der Waals surface area contributed by atoms with Crippen molar-refractivity contribution >= 4 is 21.7 Å². The number of anilines is 1. The molecule has 0 spiro atoms. The Hall–Kier alpha value is -1.70. The van der Waals surface area contributed by atoms with Crippen LogP contribution in [0.4, 0.5) is 19.0 Å². The standard InChI is InChI=1S/C11H9BrF3N3O/c1-18-9(16)4-8(17-18)6-2-5(12)3-7(10(6)19)11(13,14)15/h2-4,19H,16H2,1H3. The molecule has 8 heteroatoms. The summed E-state index contributed by atoms with van der Waals surface area (Å²) >= 11 is 2.99. The van der Waals surface area contributed by atoms with Crippen molar-refractivity contribution in [2.75, 3.05) is 5.73 Å². The Morgan fingerprint density at radius 3 is 2.42 bits per heavy atom. The van der Waals surface area contributed by atoms with Crippen LogP contribution in [0.1, 0.15) is 5.56 Å². The summed E-state index contributed by atoms with van der Waals surface area (Å²) in [5.41, 5.74) is 4.59. The predicted octanol–water partition coefficient (Wildman–Crippen LogP) is 3.16. The van der Waals surface area contributed by atoms with E-state index in [1.807, 2.05) is 0 Å². The molecule has 102 valence electrons. The molecule has 2 rings (SSSR count). The molecule has 1 heterocycles. The molecule has 3 N–H and O–H groups in total. The van der Waals surface area contributed by atoms with Crippen LogP contribution >= 0.6 is 15.9 Å². The van der Waals surface area contributed by atoms with Gasteiger partial charge < -0.3 is 10.8 Å². The molecule has 1 aromatic heterocycles. The molecule has 0 saturated heterocycles. The number of rotatable bonds is 1. The van der Waals surface area contributed by atoms with E-state index in [-0.39, 0.29) is 21.5 Å². The number of nitrogen functional groups attached to an aromatic ring is 1. The van der Waals surface area contributed by atoms with Crippen LogP contribution in [0.2, 0.25) is 0 Å². The lowest BCUT2D eigenvalue weighted by Gasteiger charge is -2.12. The monoisotopic (exact) mass is 335 g/mol. The van der Waals surface area contributed by atoms with E-state index in [9.17, 15) is 18.3 Å². The van der Waals surface area contributed by atoms with Gasteiger partial charge in [-0.2, -0.15) is 18.3 Å². The van der Waals surface area contributed by atoms with Crippen molar-refractivity contribution in [3.05, 3.63) is 28.2 Å². The van der Waals surface area contributed by atoms with Crippen LogP contribution < -0.4 is 5.73 Å². The highest BCUT2D eigenvalue weighted by molar-refractivity contribution is 9.10. The lowest BCUT2D eigenvalue weighted by atomic mass is 10.1. The number of hydrogen-bond acceptors (Lipinski definition) is 3. The molecular formula is C11H9BrF3N3O. The molecule has 0 fully saturated rings. The first-order valence-electron chi connectivity index (χ1n) is 5.09. The summed E-state index contributed by atoms with van der Waals surface area (Å²) in [5, 5.41) is 13.7. The Morgan fingerprint density at radius 1 is 1.32 bits per heavy atom. The van der Waals surface area contributed by atoms with Crippen molar-refractivity contribution in [2.24, 2.45) is 7.05 Å². The minimum Gasteiger partial charge on any atom is -0.507 e. The molecule has 0 unspecified atom stereocenters. The highest BCUT2D eigenvalue weighted by Crippen LogP contribution is 2.43. The molecule has 0 amide bonds. The Morgan fingerprint density at radius 2 is 1.95 bits per heavy atom. The fraction of sp³-hybridized carbons (Fsp3) is 0.182. The van der Waals surface area contributed by atoms with E-state index in [1.165, 1.54) is 16.8 Å². The van der Waals surface area contributed by atoms with Crippen molar-refractivity contribution in [3.8, 4) is 17.0 Å². The van der Waals surface area contributed by atoms with Gasteiger partial charge in [0.2, 0.25) is 0 Å². The Bertz CT molecular complexity index is 617. The fourth-order valence-electron chi connectivity index (χ4n) is 1.62. The van der Waals surface area contributed by atoms with E-state index in [0.717, 1.165) is 6.07 Å². The zero-order valence-electron chi connectivity index (χ0n) is 9.66. The minimum absolute atomic E-state index is 0.0333. The van der Waals surface area contributed by atoms with Gasteiger partial charge in [-0.1, -0.05) is 15.9 Å². The molecule has 1 aromatic carbocycles. The van der Waals surface area contributed by atoms with E-state index in [2.05, 4.69) is 21.0 Å². The molecule has 0 aliphatic carbocycles. The van der Waals surface area contributed by atoms with Crippen molar-refractivity contribution in [2.45, 2.75) is 6.18 Å². The summed E-state index contributed by atoms with van der Waals surface area (Å²) in [6.07, 6.45) is -4.65. The SMILES string of the molecule is Cn1nc(-c2cc(Br)cc(C(F)(F)F)c2O)cc1N. The number of phenolic OH excluding ortho intramolecular Hbond substituents is 1. The first kappa shape index (κ1) is 13.7. The normalized spacial score (nSPS) is 11.8. The number of aromatic nitrogens is 2. The third-order valence-electron chi connectivity index (χ3n) is 2.57. The number of aromatic hydroxyl groups is 1. The first-order valence-corrected chi connectivity index (χ1v) is 5.89. The van der Waals surface area contributed by atoms with Gasteiger partial charge in [0.15, 0.2) is 0 Å². The van der Waals surface area contributed by atoms with Gasteiger partial charge in [-0.15, -0.1) is 0 Å². The van der Waals surface area contributed by atoms with Gasteiger partial charge in [0.1, 0.15) is 11.6 Å². The number of halogens is 4. The molecule has 0 bridgehead atoms. The maximum Gasteiger partial charge on any atom is 0.420 e. The van der Waals surface area contributed by atoms with E-state index in [4.69, 9.17) is 5.73 Å². The number of nitrogens with two attached hydrogens (primary N) is 1. The van der Waals surface area contributed by atoms with Crippen LogP contribution in [0.5, 0.6) is 5.75 Å². The second-order valence-electron chi connectivity index (χ2n) is 3.93. The zero-order chi connectivity index (χ0) is 14.4. The summed E-state index contributed by atoms with van der Waals surface area (Å²) in [7, 11) is 1.55. The van der Waals surface area contributed by atoms with E-state index < -0.39 is 17.5 Å². The Labute approximate surface area is 114 Å². The van der Waals surface area contributed by atoms with Crippen molar-refractivity contribution in [3.63, 3.8) is 0 Å². The maximum absolute atomic E-state index is 12.8. The van der Waals surface area contributed by atoms with Gasteiger partial charge in [-0.3, -0.25) is 4.68 Å². The number of nitrogens with zero attached hydrogens (tertiary/aromatic N) is 2. The van der Waals surface area contributed by atoms with Crippen molar-refractivity contribution in [1.82, 2.24) is 9.78 Å². The first-order chi connectivity index (χ1) is 8.70. The van der Waals surface area contributed by atoms with Crippen molar-refractivity contribution in [1.29, 1.82) is 0 Å². The summed E-state index contributed by atoms with van der Waals surface area (Å²) in [5.74, 6) is -0.586. The van der Waals surface area contributed by atoms with Gasteiger partial charge in [-0.05, 0) is 12.1 Å². The quantitative estimate of drug-likeness (QED) is 0.841. The highest BCUT2D eigenvalue weighted by atomic mass is 79.9. The molecule has 0 aliphatic rings. The molecule has 0 saturated carbocycles. The third-order valence-corrected chi connectivity index (χ3v) is 3.03. The van der Waals surface area contributed by atoms with Gasteiger partial charge in [-0.25, -0.2) is 0 Å². The topological polar surface area (TPSA) is 64.1 Å². The van der Waals surface area contributed by atoms with Crippen LogP contribution in [-0.2, 0) is 13.2 Å². The number of hydrogen-bond donors (Lipinski definition) is 2. The number of phenols is 1. The summed E-state index contributed by atoms with van der Waals surface area (Å²) in [6.45, 7) is 0. The average molecular weight is 336 g/mol. The van der Waals surface area contributed by atoms with Gasteiger partial charge in [0.25, 0.3) is 0 Å². The van der Waals surface area contributed by atoms with Gasteiger partial charge >= 0.3 is 6.18 Å². The highest BCUT2D eigenvalue weighted by Gasteiger charge is 2.35. The maximum atomic E-state index is 12.8. The Kier molecular flexibility index (Phi) is 3.21. The van der Waals surface area contributed by atoms with E-state index in [0.29, 0.717) is 0 Å². The lowest BCUT2D eigenvalue weighted by Crippen LogP contribution is -2.06. The van der Waals surface area contributed by atoms with Crippen LogP contribution in [-0.4, -0.2) is 14.9 Å². The molecule has 4 nitrogen and oxygen atoms in total. The largest absolute Gasteiger partial charge is 0.507 e. The third kappa shape index (κ3) is 2.53. The molecule has 2 aromatic rings. The van der Waals surface area contributed by atoms with Crippen LogP contribution in [0.15, 0.2) is 22.7 Å². The zero-order valence-corrected chi connectivity index (χ0v) is 11.2. The molecular weight excluding hydrogens is 327 g/mol. The number of benzene rings is 1. The molecule has 0 atom stereocenters. The second kappa shape index (κ2) is 4.44. The van der Waals surface area contributed by atoms with Crippen LogP contribution in [0.3, 0.4) is 0 Å². The molecule has 0 aliphatic heterocycles. The summed E-state index contributed by atoms with van der Waals surface area (Å²) in [4.78, 5) is 0. The van der Waals surface area contributed by atoms with E-state index >= 15 is 0 Å². The minimum atomic E-state index is -4.65. The summed E-state index contributed by atoms with van der Waals surface area (Å²) in [6, 6.07) is 3.55. The molecule has 19 heavy (non-hydrogen) atoms. The number of alkyl halides is 3. The lowest BCUT2D eigenvalue weighted by molar-refractivity contribution is -0.138. The number of aryl methyl sites for hydroxylation is 1. The average Bonchev–Trinajstić information content (AvgIpc) is 2.60. The van der Waals surface area contributed by atoms with Gasteiger partial charge in [0.05, 0.1) is 11.3 Å². The van der Waals surface area contributed by atoms with Crippen LogP contribution in [0, 0.1) is 0 Å².